The maximum absolute atomic E-state index is 13.2. The zero-order valence-corrected chi connectivity index (χ0v) is 17.7. The number of nitrogens with zero attached hydrogens (tertiary/aromatic N) is 2. The highest BCUT2D eigenvalue weighted by molar-refractivity contribution is 6.19. The first-order chi connectivity index (χ1) is 14.7. The highest BCUT2D eigenvalue weighted by Gasteiger charge is 2.47. The van der Waals surface area contributed by atoms with E-state index in [0.29, 0.717) is 35.1 Å². The third kappa shape index (κ3) is 3.76. The summed E-state index contributed by atoms with van der Waals surface area (Å²) in [5.41, 5.74) is 2.47. The van der Waals surface area contributed by atoms with Crippen molar-refractivity contribution >= 4 is 23.2 Å². The third-order valence-electron chi connectivity index (χ3n) is 5.43. The molecule has 0 bridgehead atoms. The highest BCUT2D eigenvalue weighted by Crippen LogP contribution is 2.35. The molecule has 1 atom stereocenters. The molecule has 2 amide bonds. The van der Waals surface area contributed by atoms with E-state index < -0.39 is 17.4 Å². The molecule has 0 fully saturated rings. The maximum atomic E-state index is 13.2. The topological polar surface area (TPSA) is 85.3 Å². The molecule has 8 heteroatoms. The maximum Gasteiger partial charge on any atom is 0.278 e. The second-order valence-electron chi connectivity index (χ2n) is 7.87. The van der Waals surface area contributed by atoms with Gasteiger partial charge >= 0.3 is 0 Å². The number of aryl methyl sites for hydroxylation is 2. The predicted octanol–water partition coefficient (Wildman–Crippen LogP) is 3.72. The molecule has 2 heterocycles. The Balaban J connectivity index is 1.57. The van der Waals surface area contributed by atoms with Crippen LogP contribution in [0.25, 0.3) is 0 Å². The van der Waals surface area contributed by atoms with E-state index >= 15 is 0 Å². The van der Waals surface area contributed by atoms with Crippen molar-refractivity contribution < 1.29 is 18.7 Å². The van der Waals surface area contributed by atoms with Crippen LogP contribution in [0.15, 0.2) is 42.5 Å². The minimum absolute atomic E-state index is 0.305. The van der Waals surface area contributed by atoms with Crippen molar-refractivity contribution in [3.8, 4) is 5.75 Å². The van der Waals surface area contributed by atoms with Gasteiger partial charge in [0.15, 0.2) is 0 Å². The van der Waals surface area contributed by atoms with Gasteiger partial charge in [-0.25, -0.2) is 4.39 Å². The number of benzene rings is 2. The summed E-state index contributed by atoms with van der Waals surface area (Å²) in [6.07, 6.45) is 0. The Bertz CT molecular complexity index is 1190. The Morgan fingerprint density at radius 3 is 2.61 bits per heavy atom. The molecular formula is C23H23FN4O3. The van der Waals surface area contributed by atoms with Gasteiger partial charge in [0.2, 0.25) is 0 Å². The summed E-state index contributed by atoms with van der Waals surface area (Å²) in [4.78, 5) is 25.8. The lowest BCUT2D eigenvalue weighted by atomic mass is 10.0. The summed E-state index contributed by atoms with van der Waals surface area (Å²) in [6.45, 7) is 7.35. The number of fused-ring (bicyclic) bond motifs is 1. The van der Waals surface area contributed by atoms with Crippen LogP contribution in [-0.2, 0) is 16.1 Å². The molecule has 2 aromatic carbocycles. The lowest BCUT2D eigenvalue weighted by Gasteiger charge is -2.33. The molecule has 1 aromatic heterocycles. The van der Waals surface area contributed by atoms with Crippen molar-refractivity contribution in [3.63, 3.8) is 0 Å². The van der Waals surface area contributed by atoms with Crippen LogP contribution >= 0.6 is 0 Å². The van der Waals surface area contributed by atoms with Crippen molar-refractivity contribution in [2.45, 2.75) is 39.8 Å². The smallest absolute Gasteiger partial charge is 0.278 e. The van der Waals surface area contributed by atoms with Crippen LogP contribution in [-0.4, -0.2) is 27.2 Å². The van der Waals surface area contributed by atoms with E-state index in [1.54, 1.807) is 35.9 Å². The molecule has 160 valence electrons. The summed E-state index contributed by atoms with van der Waals surface area (Å²) < 4.78 is 20.7. The van der Waals surface area contributed by atoms with E-state index in [1.807, 2.05) is 19.9 Å². The van der Waals surface area contributed by atoms with Crippen molar-refractivity contribution in [3.05, 3.63) is 70.8 Å². The van der Waals surface area contributed by atoms with Gasteiger partial charge in [-0.15, -0.1) is 0 Å². The molecule has 1 aliphatic rings. The van der Waals surface area contributed by atoms with Gasteiger partial charge in [-0.2, -0.15) is 5.10 Å². The van der Waals surface area contributed by atoms with Crippen molar-refractivity contribution in [2.75, 3.05) is 10.6 Å². The molecule has 31 heavy (non-hydrogen) atoms. The first-order valence-corrected chi connectivity index (χ1v) is 9.88. The molecule has 4 rings (SSSR count). The van der Waals surface area contributed by atoms with E-state index in [4.69, 9.17) is 4.74 Å². The summed E-state index contributed by atoms with van der Waals surface area (Å²) in [6, 6.07) is 11.5. The minimum atomic E-state index is -1.74. The van der Waals surface area contributed by atoms with Gasteiger partial charge in [0.25, 0.3) is 17.4 Å². The fourth-order valence-corrected chi connectivity index (χ4v) is 3.52. The molecule has 0 saturated heterocycles. The summed E-state index contributed by atoms with van der Waals surface area (Å²) >= 11 is 0. The molecule has 3 aromatic rings. The zero-order chi connectivity index (χ0) is 22.3. The van der Waals surface area contributed by atoms with E-state index in [0.717, 1.165) is 11.1 Å². The summed E-state index contributed by atoms with van der Waals surface area (Å²) in [5, 5.41) is 10.0. The predicted molar refractivity (Wildman–Crippen MR) is 115 cm³/mol. The number of rotatable bonds is 4. The fourth-order valence-electron chi connectivity index (χ4n) is 3.52. The molecule has 1 aliphatic heterocycles. The number of halogens is 1. The normalized spacial score (nSPS) is 17.5. The molecule has 1 unspecified atom stereocenters. The molecule has 0 radical (unpaired) electrons. The Hall–Kier alpha value is -3.68. The van der Waals surface area contributed by atoms with Gasteiger partial charge in [0.1, 0.15) is 11.6 Å². The molecule has 7 nitrogen and oxygen atoms in total. The number of anilines is 2. The van der Waals surface area contributed by atoms with Gasteiger partial charge in [-0.3, -0.25) is 14.3 Å². The number of carbonyl (C=O) groups is 2. The van der Waals surface area contributed by atoms with Crippen LogP contribution in [0.1, 0.15) is 29.4 Å². The van der Waals surface area contributed by atoms with E-state index in [9.17, 15) is 14.0 Å². The first kappa shape index (κ1) is 20.6. The fraction of sp³-hybridized carbons (Fsp3) is 0.261. The zero-order valence-electron chi connectivity index (χ0n) is 17.7. The average Bonchev–Trinajstić information content (AvgIpc) is 2.98. The summed E-state index contributed by atoms with van der Waals surface area (Å²) in [5.74, 6) is -1.01. The quantitative estimate of drug-likeness (QED) is 0.628. The standard InChI is InChI=1S/C23H23FN4O3/c1-13-5-10-19-18(11-13)25-21(29)23(4,31-19)22(30)26-20-14(2)27-28(15(20)3)12-16-6-8-17(24)9-7-16/h5-11H,12H2,1-4H3,(H,25,29)(H,26,30). The van der Waals surface area contributed by atoms with Crippen molar-refractivity contribution in [1.82, 2.24) is 9.78 Å². The average molecular weight is 422 g/mol. The SMILES string of the molecule is Cc1ccc2c(c1)NC(=O)C(C)(C(=O)Nc1c(C)nn(Cc3ccc(F)cc3)c1C)O2. The number of nitrogens with one attached hydrogen (secondary N) is 2. The number of aromatic nitrogens is 2. The monoisotopic (exact) mass is 422 g/mol. The number of amides is 2. The Morgan fingerprint density at radius 2 is 1.90 bits per heavy atom. The van der Waals surface area contributed by atoms with Crippen LogP contribution in [0.5, 0.6) is 5.75 Å². The van der Waals surface area contributed by atoms with E-state index in [1.165, 1.54) is 19.1 Å². The minimum Gasteiger partial charge on any atom is -0.466 e. The third-order valence-corrected chi connectivity index (χ3v) is 5.43. The molecule has 2 N–H and O–H groups in total. The molecular weight excluding hydrogens is 399 g/mol. The first-order valence-electron chi connectivity index (χ1n) is 9.88. The van der Waals surface area contributed by atoms with Crippen molar-refractivity contribution in [2.24, 2.45) is 0 Å². The van der Waals surface area contributed by atoms with Crippen LogP contribution in [0, 0.1) is 26.6 Å². The van der Waals surface area contributed by atoms with Gasteiger partial charge in [0, 0.05) is 0 Å². The number of carbonyl (C=O) groups excluding carboxylic acids is 2. The van der Waals surface area contributed by atoms with Crippen LogP contribution < -0.4 is 15.4 Å². The van der Waals surface area contributed by atoms with E-state index in [-0.39, 0.29) is 5.82 Å². The summed E-state index contributed by atoms with van der Waals surface area (Å²) in [7, 11) is 0. The number of ether oxygens (including phenoxy) is 1. The van der Waals surface area contributed by atoms with Crippen LogP contribution in [0.2, 0.25) is 0 Å². The Morgan fingerprint density at radius 1 is 1.19 bits per heavy atom. The van der Waals surface area contributed by atoms with Gasteiger partial charge in [-0.05, 0) is 63.1 Å². The van der Waals surface area contributed by atoms with Crippen LogP contribution in [0.3, 0.4) is 0 Å². The van der Waals surface area contributed by atoms with E-state index in [2.05, 4.69) is 15.7 Å². The van der Waals surface area contributed by atoms with Gasteiger partial charge < -0.3 is 15.4 Å². The molecule has 0 saturated carbocycles. The second-order valence-corrected chi connectivity index (χ2v) is 7.87. The lowest BCUT2D eigenvalue weighted by molar-refractivity contribution is -0.143. The Labute approximate surface area is 179 Å². The van der Waals surface area contributed by atoms with Crippen molar-refractivity contribution in [1.29, 1.82) is 0 Å². The largest absolute Gasteiger partial charge is 0.466 e. The molecule has 0 aliphatic carbocycles. The van der Waals surface area contributed by atoms with Gasteiger partial charge in [-0.1, -0.05) is 18.2 Å². The number of hydrogen-bond donors (Lipinski definition) is 2. The van der Waals surface area contributed by atoms with Gasteiger partial charge in [0.05, 0.1) is 29.3 Å². The Kier molecular flexibility index (Phi) is 5.00. The second kappa shape index (κ2) is 7.54. The number of hydrogen-bond acceptors (Lipinski definition) is 4. The van der Waals surface area contributed by atoms with Crippen LogP contribution in [0.4, 0.5) is 15.8 Å². The lowest BCUT2D eigenvalue weighted by Crippen LogP contribution is -2.56. The highest BCUT2D eigenvalue weighted by atomic mass is 19.1. The molecule has 0 spiro atoms.